The van der Waals surface area contributed by atoms with Crippen LogP contribution in [0.4, 0.5) is 0 Å². The van der Waals surface area contributed by atoms with Crippen LogP contribution in [0.3, 0.4) is 0 Å². The molecule has 2 nitrogen and oxygen atoms in total. The molecule has 0 saturated carbocycles. The Kier molecular flexibility index (Phi) is 5.52. The number of hydrogen-bond acceptors (Lipinski definition) is 2. The Morgan fingerprint density at radius 1 is 0.792 bits per heavy atom. The third kappa shape index (κ3) is 3.61. The molecule has 0 aliphatic carbocycles. The van der Waals surface area contributed by atoms with Crippen molar-refractivity contribution in [3.63, 3.8) is 0 Å². The van der Waals surface area contributed by atoms with Crippen molar-refractivity contribution in [1.82, 2.24) is 0 Å². The van der Waals surface area contributed by atoms with Gasteiger partial charge in [-0.25, -0.2) is 0 Å². The highest BCUT2D eigenvalue weighted by atomic mass is 35.5. The van der Waals surface area contributed by atoms with Crippen LogP contribution in [0.5, 0.6) is 5.75 Å². The van der Waals surface area contributed by atoms with Gasteiger partial charge >= 0.3 is 0 Å². The molecule has 24 heavy (non-hydrogen) atoms. The van der Waals surface area contributed by atoms with Gasteiger partial charge in [-0.3, -0.25) is 0 Å². The van der Waals surface area contributed by atoms with Gasteiger partial charge in [-0.1, -0.05) is 78.3 Å². The number of aliphatic hydroxyl groups is 1. The Labute approximate surface area is 147 Å². The second kappa shape index (κ2) is 8.00. The first-order chi connectivity index (χ1) is 11.8. The van der Waals surface area contributed by atoms with Crippen LogP contribution in [0.25, 0.3) is 0 Å². The molecule has 0 spiro atoms. The summed E-state index contributed by atoms with van der Waals surface area (Å²) in [5.74, 6) is 1.74. The topological polar surface area (TPSA) is 29.5 Å². The summed E-state index contributed by atoms with van der Waals surface area (Å²) in [4.78, 5) is 0. The van der Waals surface area contributed by atoms with Crippen molar-refractivity contribution in [1.29, 1.82) is 0 Å². The highest BCUT2D eigenvalue weighted by molar-refractivity contribution is 6.31. The van der Waals surface area contributed by atoms with Gasteiger partial charge in [-0.2, -0.15) is 0 Å². The molecule has 1 N–H and O–H groups in total. The maximum atomic E-state index is 9.08. The van der Waals surface area contributed by atoms with Crippen LogP contribution in [0.1, 0.15) is 16.7 Å². The van der Waals surface area contributed by atoms with Gasteiger partial charge in [0.2, 0.25) is 0 Å². The second-order valence-corrected chi connectivity index (χ2v) is 5.70. The summed E-state index contributed by atoms with van der Waals surface area (Å²) in [6.45, 7) is 0.225. The fraction of sp³-hybridized carbons (Fsp3) is 0.0952. The quantitative estimate of drug-likeness (QED) is 0.659. The molecule has 0 saturated heterocycles. The Morgan fingerprint density at radius 2 is 1.42 bits per heavy atom. The van der Waals surface area contributed by atoms with Gasteiger partial charge < -0.3 is 9.84 Å². The van der Waals surface area contributed by atoms with E-state index in [1.54, 1.807) is 0 Å². The number of ether oxygens (including phenoxy) is 1. The van der Waals surface area contributed by atoms with Crippen molar-refractivity contribution in [2.24, 2.45) is 0 Å². The van der Waals surface area contributed by atoms with Crippen LogP contribution in [0.2, 0.25) is 5.02 Å². The Bertz CT molecular complexity index is 787. The van der Waals surface area contributed by atoms with Crippen LogP contribution in [-0.4, -0.2) is 18.3 Å². The summed E-state index contributed by atoms with van der Waals surface area (Å²) in [5.41, 5.74) is 2.96. The predicted molar refractivity (Wildman–Crippen MR) is 97.5 cm³/mol. The summed E-state index contributed by atoms with van der Waals surface area (Å²) in [6, 6.07) is 25.7. The summed E-state index contributed by atoms with van der Waals surface area (Å²) < 4.78 is 5.74. The molecule has 1 radical (unpaired) electrons. The van der Waals surface area contributed by atoms with Gasteiger partial charge in [0.25, 0.3) is 0 Å². The normalized spacial score (nSPS) is 10.8. The minimum Gasteiger partial charge on any atom is -0.491 e. The second-order valence-electron chi connectivity index (χ2n) is 5.29. The van der Waals surface area contributed by atoms with E-state index in [1.165, 1.54) is 0 Å². The van der Waals surface area contributed by atoms with Crippen LogP contribution >= 0.6 is 11.6 Å². The summed E-state index contributed by atoms with van der Waals surface area (Å²) in [6.07, 6.45) is 0. The van der Waals surface area contributed by atoms with E-state index in [0.717, 1.165) is 28.4 Å². The Balaban J connectivity index is 2.15. The van der Waals surface area contributed by atoms with E-state index < -0.39 is 0 Å². The van der Waals surface area contributed by atoms with Gasteiger partial charge in [-0.05, 0) is 23.3 Å². The van der Waals surface area contributed by atoms with Crippen molar-refractivity contribution < 1.29 is 9.84 Å². The molecule has 0 aliphatic rings. The minimum absolute atomic E-state index is 0.0267. The third-order valence-corrected chi connectivity index (χ3v) is 4.04. The number of aliphatic hydroxyl groups excluding tert-OH is 1. The van der Waals surface area contributed by atoms with E-state index in [2.05, 4.69) is 12.1 Å². The average molecular weight is 338 g/mol. The molecule has 0 aromatic heterocycles. The Morgan fingerprint density at radius 3 is 2.12 bits per heavy atom. The SMILES string of the molecule is OCCOc1ccccc1[C](c1ccccc1)c1ccccc1Cl. The van der Waals surface area contributed by atoms with E-state index in [1.807, 2.05) is 66.7 Å². The highest BCUT2D eigenvalue weighted by Gasteiger charge is 2.23. The number of rotatable bonds is 6. The van der Waals surface area contributed by atoms with Crippen LogP contribution in [0, 0.1) is 5.92 Å². The zero-order valence-electron chi connectivity index (χ0n) is 13.2. The maximum Gasteiger partial charge on any atom is 0.123 e. The standard InChI is InChI=1S/C21H18ClO2/c22-19-12-6-4-10-17(19)21(16-8-2-1-3-9-16)18-11-5-7-13-20(18)24-15-14-23/h1-13,23H,14-15H2. The smallest absolute Gasteiger partial charge is 0.123 e. The van der Waals surface area contributed by atoms with Crippen molar-refractivity contribution in [2.45, 2.75) is 0 Å². The number of benzene rings is 3. The predicted octanol–water partition coefficient (Wildman–Crippen LogP) is 4.73. The molecule has 0 bridgehead atoms. The fourth-order valence-corrected chi connectivity index (χ4v) is 2.91. The first kappa shape index (κ1) is 16.6. The minimum atomic E-state index is -0.0267. The molecule has 0 aliphatic heterocycles. The van der Waals surface area contributed by atoms with E-state index in [-0.39, 0.29) is 13.2 Å². The lowest BCUT2D eigenvalue weighted by Crippen LogP contribution is -2.09. The summed E-state index contributed by atoms with van der Waals surface area (Å²) in [7, 11) is 0. The number of hydrogen-bond donors (Lipinski definition) is 1. The van der Waals surface area contributed by atoms with E-state index >= 15 is 0 Å². The van der Waals surface area contributed by atoms with Crippen molar-refractivity contribution in [3.8, 4) is 5.75 Å². The first-order valence-electron chi connectivity index (χ1n) is 7.81. The van der Waals surface area contributed by atoms with Gasteiger partial charge in [0.15, 0.2) is 0 Å². The van der Waals surface area contributed by atoms with Gasteiger partial charge in [0, 0.05) is 10.6 Å². The van der Waals surface area contributed by atoms with Crippen LogP contribution in [0.15, 0.2) is 78.9 Å². The lowest BCUT2D eigenvalue weighted by atomic mass is 9.84. The number of para-hydroxylation sites is 1. The molecule has 121 valence electrons. The molecular formula is C21H18ClO2. The third-order valence-electron chi connectivity index (χ3n) is 3.71. The lowest BCUT2D eigenvalue weighted by Gasteiger charge is -2.22. The molecule has 0 heterocycles. The lowest BCUT2D eigenvalue weighted by molar-refractivity contribution is 0.200. The molecule has 0 unspecified atom stereocenters. The molecule has 0 fully saturated rings. The number of halogens is 1. The highest BCUT2D eigenvalue weighted by Crippen LogP contribution is 2.38. The maximum absolute atomic E-state index is 9.08. The fourth-order valence-electron chi connectivity index (χ4n) is 2.68. The van der Waals surface area contributed by atoms with Crippen LogP contribution < -0.4 is 4.74 Å². The molecule has 0 atom stereocenters. The van der Waals surface area contributed by atoms with E-state index in [9.17, 15) is 0 Å². The summed E-state index contributed by atoms with van der Waals surface area (Å²) in [5, 5.41) is 9.77. The molecule has 3 heteroatoms. The van der Waals surface area contributed by atoms with E-state index in [0.29, 0.717) is 5.02 Å². The Hall–Kier alpha value is -2.29. The molecule has 3 aromatic rings. The van der Waals surface area contributed by atoms with Gasteiger partial charge in [-0.15, -0.1) is 0 Å². The van der Waals surface area contributed by atoms with Gasteiger partial charge in [0.05, 0.1) is 12.5 Å². The molecule has 3 rings (SSSR count). The zero-order chi connectivity index (χ0) is 16.8. The van der Waals surface area contributed by atoms with Gasteiger partial charge in [0.1, 0.15) is 12.4 Å². The average Bonchev–Trinajstić information content (AvgIpc) is 2.64. The van der Waals surface area contributed by atoms with Crippen molar-refractivity contribution in [2.75, 3.05) is 13.2 Å². The monoisotopic (exact) mass is 337 g/mol. The summed E-state index contributed by atoms with van der Waals surface area (Å²) >= 11 is 6.47. The molecular weight excluding hydrogens is 320 g/mol. The molecule has 0 amide bonds. The van der Waals surface area contributed by atoms with Crippen molar-refractivity contribution >= 4 is 11.6 Å². The first-order valence-corrected chi connectivity index (χ1v) is 8.19. The van der Waals surface area contributed by atoms with Crippen LogP contribution in [-0.2, 0) is 0 Å². The largest absolute Gasteiger partial charge is 0.491 e. The zero-order valence-corrected chi connectivity index (χ0v) is 13.9. The van der Waals surface area contributed by atoms with E-state index in [4.69, 9.17) is 21.4 Å². The molecule has 3 aromatic carbocycles. The van der Waals surface area contributed by atoms with Crippen molar-refractivity contribution in [3.05, 3.63) is 106 Å².